The van der Waals surface area contributed by atoms with Gasteiger partial charge in [0.2, 0.25) is 0 Å². The minimum absolute atomic E-state index is 0.144. The number of nitrogens with zero attached hydrogens (tertiary/aromatic N) is 1. The third-order valence-electron chi connectivity index (χ3n) is 4.94. The van der Waals surface area contributed by atoms with Crippen molar-refractivity contribution in [3.63, 3.8) is 0 Å². The van der Waals surface area contributed by atoms with E-state index in [2.05, 4.69) is 17.1 Å². The van der Waals surface area contributed by atoms with E-state index in [9.17, 15) is 5.11 Å². The van der Waals surface area contributed by atoms with Crippen molar-refractivity contribution in [1.82, 2.24) is 10.2 Å². The van der Waals surface area contributed by atoms with Crippen molar-refractivity contribution in [2.75, 3.05) is 39.4 Å². The van der Waals surface area contributed by atoms with Crippen LogP contribution in [0.5, 0.6) is 0 Å². The number of aliphatic hydroxyl groups excluding tert-OH is 1. The highest BCUT2D eigenvalue weighted by atomic mass is 16.5. The highest BCUT2D eigenvalue weighted by Gasteiger charge is 2.29. The number of piperidine rings is 1. The smallest absolute Gasteiger partial charge is 0.0541 e. The first-order chi connectivity index (χ1) is 9.70. The van der Waals surface area contributed by atoms with Gasteiger partial charge in [-0.2, -0.15) is 0 Å². The summed E-state index contributed by atoms with van der Waals surface area (Å²) in [4.78, 5) is 2.57. The topological polar surface area (TPSA) is 44.7 Å². The van der Waals surface area contributed by atoms with E-state index in [1.54, 1.807) is 0 Å². The number of rotatable bonds is 6. The van der Waals surface area contributed by atoms with Gasteiger partial charge in [-0.05, 0) is 58.2 Å². The van der Waals surface area contributed by atoms with Crippen LogP contribution in [0.15, 0.2) is 0 Å². The maximum atomic E-state index is 9.68. The predicted octanol–water partition coefficient (Wildman–Crippen LogP) is 1.48. The van der Waals surface area contributed by atoms with E-state index in [0.717, 1.165) is 58.7 Å². The Kier molecular flexibility index (Phi) is 6.75. The molecule has 0 spiro atoms. The zero-order chi connectivity index (χ0) is 14.4. The fourth-order valence-corrected chi connectivity index (χ4v) is 3.52. The van der Waals surface area contributed by atoms with Gasteiger partial charge in [-0.15, -0.1) is 0 Å². The van der Waals surface area contributed by atoms with Gasteiger partial charge in [-0.3, -0.25) is 0 Å². The van der Waals surface area contributed by atoms with Crippen LogP contribution in [0, 0.1) is 11.8 Å². The lowest BCUT2D eigenvalue weighted by Gasteiger charge is -2.39. The lowest BCUT2D eigenvalue weighted by molar-refractivity contribution is 0.00548. The molecule has 0 aromatic heterocycles. The fraction of sp³-hybridized carbons (Fsp3) is 1.00. The van der Waals surface area contributed by atoms with Crippen molar-refractivity contribution in [3.8, 4) is 0 Å². The van der Waals surface area contributed by atoms with E-state index >= 15 is 0 Å². The number of hydrogen-bond donors (Lipinski definition) is 2. The van der Waals surface area contributed by atoms with Crippen molar-refractivity contribution in [2.24, 2.45) is 11.8 Å². The second-order valence-corrected chi connectivity index (χ2v) is 6.56. The Morgan fingerprint density at radius 1 is 1.30 bits per heavy atom. The maximum absolute atomic E-state index is 9.68. The molecule has 0 amide bonds. The van der Waals surface area contributed by atoms with Gasteiger partial charge >= 0.3 is 0 Å². The second kappa shape index (κ2) is 8.32. The largest absolute Gasteiger partial charge is 0.393 e. The first-order valence-corrected chi connectivity index (χ1v) is 8.42. The molecule has 3 atom stereocenters. The fourth-order valence-electron chi connectivity index (χ4n) is 3.52. The zero-order valence-corrected chi connectivity index (χ0v) is 13.2. The number of nitrogens with one attached hydrogen (secondary N) is 1. The predicted molar refractivity (Wildman–Crippen MR) is 81.9 cm³/mol. The van der Waals surface area contributed by atoms with Gasteiger partial charge in [0.05, 0.1) is 12.7 Å². The first kappa shape index (κ1) is 16.2. The van der Waals surface area contributed by atoms with E-state index < -0.39 is 0 Å². The van der Waals surface area contributed by atoms with Crippen molar-refractivity contribution in [2.45, 2.75) is 51.7 Å². The highest BCUT2D eigenvalue weighted by molar-refractivity contribution is 4.84. The minimum atomic E-state index is -0.144. The van der Waals surface area contributed by atoms with Crippen molar-refractivity contribution >= 4 is 0 Å². The maximum Gasteiger partial charge on any atom is 0.0541 e. The first-order valence-electron chi connectivity index (χ1n) is 8.42. The molecule has 20 heavy (non-hydrogen) atoms. The van der Waals surface area contributed by atoms with Gasteiger partial charge in [0.15, 0.2) is 0 Å². The molecule has 2 saturated heterocycles. The Balaban J connectivity index is 1.76. The minimum Gasteiger partial charge on any atom is -0.393 e. The van der Waals surface area contributed by atoms with Gasteiger partial charge < -0.3 is 20.1 Å². The SMILES string of the molecule is CCCNC1CCOCC1CN1CCC(C(C)O)CC1. The quantitative estimate of drug-likeness (QED) is 0.775. The van der Waals surface area contributed by atoms with Gasteiger partial charge in [0, 0.05) is 25.1 Å². The molecule has 0 saturated carbocycles. The Hall–Kier alpha value is -0.160. The molecular weight excluding hydrogens is 252 g/mol. The second-order valence-electron chi connectivity index (χ2n) is 6.56. The highest BCUT2D eigenvalue weighted by Crippen LogP contribution is 2.23. The molecule has 0 bridgehead atoms. The lowest BCUT2D eigenvalue weighted by Crippen LogP contribution is -2.49. The molecule has 2 rings (SSSR count). The van der Waals surface area contributed by atoms with Crippen molar-refractivity contribution in [3.05, 3.63) is 0 Å². The number of likely N-dealkylation sites (tertiary alicyclic amines) is 1. The Morgan fingerprint density at radius 2 is 2.05 bits per heavy atom. The number of aliphatic hydroxyl groups is 1. The van der Waals surface area contributed by atoms with Gasteiger partial charge in [-0.1, -0.05) is 6.92 Å². The van der Waals surface area contributed by atoms with Gasteiger partial charge in [0.1, 0.15) is 0 Å². The molecule has 0 aromatic carbocycles. The molecule has 0 aromatic rings. The third kappa shape index (κ3) is 4.69. The average molecular weight is 284 g/mol. The molecule has 2 heterocycles. The van der Waals surface area contributed by atoms with Gasteiger partial charge in [0.25, 0.3) is 0 Å². The van der Waals surface area contributed by atoms with E-state index in [4.69, 9.17) is 4.74 Å². The monoisotopic (exact) mass is 284 g/mol. The van der Waals surface area contributed by atoms with Crippen LogP contribution < -0.4 is 5.32 Å². The van der Waals surface area contributed by atoms with E-state index in [1.807, 2.05) is 6.92 Å². The zero-order valence-electron chi connectivity index (χ0n) is 13.2. The summed E-state index contributed by atoms with van der Waals surface area (Å²) in [5.41, 5.74) is 0. The number of ether oxygens (including phenoxy) is 1. The average Bonchev–Trinajstić information content (AvgIpc) is 2.47. The Labute approximate surface area is 123 Å². The summed E-state index contributed by atoms with van der Waals surface area (Å²) in [6.07, 6.45) is 4.48. The van der Waals surface area contributed by atoms with Crippen LogP contribution in [0.1, 0.15) is 39.5 Å². The summed E-state index contributed by atoms with van der Waals surface area (Å²) in [5.74, 6) is 1.13. The van der Waals surface area contributed by atoms with E-state index in [-0.39, 0.29) is 6.10 Å². The molecule has 2 N–H and O–H groups in total. The molecule has 3 unspecified atom stereocenters. The van der Waals surface area contributed by atoms with Crippen LogP contribution in [-0.4, -0.2) is 61.5 Å². The third-order valence-corrected chi connectivity index (χ3v) is 4.94. The summed E-state index contributed by atoms with van der Waals surface area (Å²) in [6.45, 7) is 10.5. The van der Waals surface area contributed by atoms with Crippen LogP contribution in [-0.2, 0) is 4.74 Å². The Bertz CT molecular complexity index is 265. The van der Waals surface area contributed by atoms with Gasteiger partial charge in [-0.25, -0.2) is 0 Å². The summed E-state index contributed by atoms with van der Waals surface area (Å²) in [7, 11) is 0. The molecule has 0 aliphatic carbocycles. The summed E-state index contributed by atoms with van der Waals surface area (Å²) >= 11 is 0. The Morgan fingerprint density at radius 3 is 2.70 bits per heavy atom. The number of hydrogen-bond acceptors (Lipinski definition) is 4. The molecule has 4 nitrogen and oxygen atoms in total. The molecule has 2 aliphatic heterocycles. The summed E-state index contributed by atoms with van der Waals surface area (Å²) < 4.78 is 5.69. The standard InChI is InChI=1S/C16H32N2O2/c1-3-7-17-16-6-10-20-12-15(16)11-18-8-4-14(5-9-18)13(2)19/h13-17,19H,3-12H2,1-2H3. The normalized spacial score (nSPS) is 31.4. The summed E-state index contributed by atoms with van der Waals surface area (Å²) in [5, 5.41) is 13.4. The van der Waals surface area contributed by atoms with Crippen molar-refractivity contribution in [1.29, 1.82) is 0 Å². The van der Waals surface area contributed by atoms with E-state index in [0.29, 0.717) is 17.9 Å². The molecule has 2 fully saturated rings. The van der Waals surface area contributed by atoms with Crippen LogP contribution in [0.4, 0.5) is 0 Å². The van der Waals surface area contributed by atoms with Crippen LogP contribution in [0.3, 0.4) is 0 Å². The molecule has 0 radical (unpaired) electrons. The summed E-state index contributed by atoms with van der Waals surface area (Å²) in [6, 6.07) is 0.623. The van der Waals surface area contributed by atoms with Crippen LogP contribution in [0.25, 0.3) is 0 Å². The van der Waals surface area contributed by atoms with Crippen molar-refractivity contribution < 1.29 is 9.84 Å². The molecule has 118 valence electrons. The van der Waals surface area contributed by atoms with Crippen LogP contribution in [0.2, 0.25) is 0 Å². The van der Waals surface area contributed by atoms with Crippen LogP contribution >= 0.6 is 0 Å². The molecule has 4 heteroatoms. The van der Waals surface area contributed by atoms with E-state index in [1.165, 1.54) is 6.42 Å². The molecular formula is C16H32N2O2. The molecule has 2 aliphatic rings. The lowest BCUT2D eigenvalue weighted by atomic mass is 9.90.